The summed E-state index contributed by atoms with van der Waals surface area (Å²) in [5, 5.41) is 0. The van der Waals surface area contributed by atoms with Crippen LogP contribution in [0.4, 0.5) is 10.5 Å². The summed E-state index contributed by atoms with van der Waals surface area (Å²) in [4.78, 5) is 16.6. The molecule has 0 unspecified atom stereocenters. The van der Waals surface area contributed by atoms with E-state index in [1.807, 2.05) is 15.9 Å². The van der Waals surface area contributed by atoms with Crippen molar-refractivity contribution in [2.45, 2.75) is 32.1 Å². The highest BCUT2D eigenvalue weighted by molar-refractivity contribution is 5.93. The van der Waals surface area contributed by atoms with Crippen LogP contribution in [0.3, 0.4) is 0 Å². The van der Waals surface area contributed by atoms with Crippen LogP contribution in [0.15, 0.2) is 24.3 Å². The fourth-order valence-corrected chi connectivity index (χ4v) is 2.99. The molecule has 2 heterocycles. The Bertz CT molecular complexity index is 438. The van der Waals surface area contributed by atoms with E-state index in [1.165, 1.54) is 12.0 Å². The molecule has 0 bridgehead atoms. The van der Waals surface area contributed by atoms with Crippen molar-refractivity contribution in [1.29, 1.82) is 0 Å². The molecule has 3 rings (SSSR count). The van der Waals surface area contributed by atoms with Crippen molar-refractivity contribution in [2.75, 3.05) is 24.5 Å². The minimum Gasteiger partial charge on any atom is -0.324 e. The lowest BCUT2D eigenvalue weighted by molar-refractivity contribution is 0.192. The van der Waals surface area contributed by atoms with Gasteiger partial charge in [-0.2, -0.15) is 0 Å². The maximum Gasteiger partial charge on any atom is 0.324 e. The molecule has 1 aromatic carbocycles. The number of aryl methyl sites for hydroxylation is 1. The van der Waals surface area contributed by atoms with Crippen molar-refractivity contribution in [3.63, 3.8) is 0 Å². The summed E-state index contributed by atoms with van der Waals surface area (Å²) in [6.45, 7) is 2.72. The lowest BCUT2D eigenvalue weighted by Gasteiger charge is -2.36. The summed E-state index contributed by atoms with van der Waals surface area (Å²) in [7, 11) is 0. The molecule has 2 aliphatic heterocycles. The van der Waals surface area contributed by atoms with E-state index in [9.17, 15) is 4.79 Å². The molecule has 0 N–H and O–H groups in total. The number of carbonyl (C=O) groups excluding carboxylic acids is 1. The van der Waals surface area contributed by atoms with Crippen molar-refractivity contribution in [3.8, 4) is 0 Å². The first kappa shape index (κ1) is 11.6. The summed E-state index contributed by atoms with van der Waals surface area (Å²) in [6, 6.07) is 8.53. The van der Waals surface area contributed by atoms with Crippen molar-refractivity contribution in [2.24, 2.45) is 0 Å². The van der Waals surface area contributed by atoms with Crippen LogP contribution < -0.4 is 4.90 Å². The highest BCUT2D eigenvalue weighted by atomic mass is 16.2. The van der Waals surface area contributed by atoms with E-state index >= 15 is 0 Å². The molecule has 0 spiro atoms. The molecule has 0 atom stereocenters. The molecule has 0 radical (unpaired) electrons. The van der Waals surface area contributed by atoms with E-state index in [4.69, 9.17) is 0 Å². The van der Waals surface area contributed by atoms with Gasteiger partial charge in [-0.3, -0.25) is 4.90 Å². The summed E-state index contributed by atoms with van der Waals surface area (Å²) in [6.07, 6.45) is 5.75. The molecule has 1 aromatic rings. The van der Waals surface area contributed by atoms with Gasteiger partial charge < -0.3 is 4.90 Å². The van der Waals surface area contributed by atoms with E-state index in [0.717, 1.165) is 51.0 Å². The SMILES string of the molecule is O=C(N1CCCCC1)N1CCCc2ccccc21. The quantitative estimate of drug-likeness (QED) is 0.688. The summed E-state index contributed by atoms with van der Waals surface area (Å²) < 4.78 is 0. The van der Waals surface area contributed by atoms with E-state index in [2.05, 4.69) is 18.2 Å². The molecule has 0 aromatic heterocycles. The molecule has 1 fully saturated rings. The highest BCUT2D eigenvalue weighted by Gasteiger charge is 2.26. The second-order valence-corrected chi connectivity index (χ2v) is 5.21. The van der Waals surface area contributed by atoms with Gasteiger partial charge in [0.05, 0.1) is 0 Å². The highest BCUT2D eigenvalue weighted by Crippen LogP contribution is 2.28. The number of rotatable bonds is 0. The third kappa shape index (κ3) is 2.09. The molecular formula is C15H20N2O. The van der Waals surface area contributed by atoms with Crippen LogP contribution in [0, 0.1) is 0 Å². The Morgan fingerprint density at radius 3 is 2.56 bits per heavy atom. The number of likely N-dealkylation sites (tertiary alicyclic amines) is 1. The number of hydrogen-bond acceptors (Lipinski definition) is 1. The number of benzene rings is 1. The Kier molecular flexibility index (Phi) is 3.22. The number of amides is 2. The van der Waals surface area contributed by atoms with Crippen molar-refractivity contribution < 1.29 is 4.79 Å². The Morgan fingerprint density at radius 2 is 1.72 bits per heavy atom. The second kappa shape index (κ2) is 5.01. The minimum absolute atomic E-state index is 0.210. The molecule has 0 saturated carbocycles. The van der Waals surface area contributed by atoms with Crippen LogP contribution in [0.2, 0.25) is 0 Å². The zero-order chi connectivity index (χ0) is 12.4. The number of urea groups is 1. The predicted octanol–water partition coefficient (Wildman–Crippen LogP) is 3.05. The van der Waals surface area contributed by atoms with E-state index in [1.54, 1.807) is 0 Å². The van der Waals surface area contributed by atoms with Crippen molar-refractivity contribution in [3.05, 3.63) is 29.8 Å². The lowest BCUT2D eigenvalue weighted by atomic mass is 10.0. The third-order valence-electron chi connectivity index (χ3n) is 3.97. The molecule has 3 heteroatoms. The Morgan fingerprint density at radius 1 is 0.944 bits per heavy atom. The number of hydrogen-bond donors (Lipinski definition) is 0. The van der Waals surface area contributed by atoms with E-state index < -0.39 is 0 Å². The fraction of sp³-hybridized carbons (Fsp3) is 0.533. The van der Waals surface area contributed by atoms with Crippen molar-refractivity contribution in [1.82, 2.24) is 4.90 Å². The van der Waals surface area contributed by atoms with Crippen LogP contribution >= 0.6 is 0 Å². The van der Waals surface area contributed by atoms with Gasteiger partial charge in [0.25, 0.3) is 0 Å². The molecule has 0 aliphatic carbocycles. The molecular weight excluding hydrogens is 224 g/mol. The smallest absolute Gasteiger partial charge is 0.324 e. The average Bonchev–Trinajstić information content (AvgIpc) is 2.47. The van der Waals surface area contributed by atoms with E-state index in [0.29, 0.717) is 0 Å². The maximum atomic E-state index is 12.6. The summed E-state index contributed by atoms with van der Waals surface area (Å²) in [5.74, 6) is 0. The minimum atomic E-state index is 0.210. The van der Waals surface area contributed by atoms with Gasteiger partial charge in [-0.05, 0) is 43.7 Å². The van der Waals surface area contributed by atoms with E-state index in [-0.39, 0.29) is 6.03 Å². The van der Waals surface area contributed by atoms with Gasteiger partial charge in [0, 0.05) is 25.3 Å². The zero-order valence-electron chi connectivity index (χ0n) is 10.8. The number of nitrogens with zero attached hydrogens (tertiary/aromatic N) is 2. The van der Waals surface area contributed by atoms with Crippen LogP contribution in [-0.2, 0) is 6.42 Å². The molecule has 2 amide bonds. The molecule has 96 valence electrons. The lowest BCUT2D eigenvalue weighted by Crippen LogP contribution is -2.47. The molecule has 1 saturated heterocycles. The number of para-hydroxylation sites is 1. The zero-order valence-corrected chi connectivity index (χ0v) is 10.8. The fourth-order valence-electron chi connectivity index (χ4n) is 2.99. The average molecular weight is 244 g/mol. The first-order valence-electron chi connectivity index (χ1n) is 7.00. The topological polar surface area (TPSA) is 23.6 Å². The van der Waals surface area contributed by atoms with Crippen LogP contribution in [0.1, 0.15) is 31.2 Å². The van der Waals surface area contributed by atoms with Crippen LogP contribution in [-0.4, -0.2) is 30.6 Å². The largest absolute Gasteiger partial charge is 0.324 e. The standard InChI is InChI=1S/C15H20N2O/c18-15(16-10-4-1-5-11-16)17-12-6-8-13-7-2-3-9-14(13)17/h2-3,7,9H,1,4-6,8,10-12H2. The number of fused-ring (bicyclic) bond motifs is 1. The summed E-state index contributed by atoms with van der Waals surface area (Å²) >= 11 is 0. The third-order valence-corrected chi connectivity index (χ3v) is 3.97. The Hall–Kier alpha value is -1.51. The van der Waals surface area contributed by atoms with Gasteiger partial charge >= 0.3 is 6.03 Å². The molecule has 2 aliphatic rings. The van der Waals surface area contributed by atoms with Crippen LogP contribution in [0.25, 0.3) is 0 Å². The van der Waals surface area contributed by atoms with Crippen molar-refractivity contribution >= 4 is 11.7 Å². The molecule has 18 heavy (non-hydrogen) atoms. The summed E-state index contributed by atoms with van der Waals surface area (Å²) in [5.41, 5.74) is 2.44. The van der Waals surface area contributed by atoms with Crippen LogP contribution in [0.5, 0.6) is 0 Å². The monoisotopic (exact) mass is 244 g/mol. The normalized spacial score (nSPS) is 19.6. The predicted molar refractivity (Wildman–Crippen MR) is 72.9 cm³/mol. The second-order valence-electron chi connectivity index (χ2n) is 5.21. The molecule has 3 nitrogen and oxygen atoms in total. The van der Waals surface area contributed by atoms with Gasteiger partial charge in [-0.25, -0.2) is 4.79 Å². The Labute approximate surface area is 108 Å². The van der Waals surface area contributed by atoms with Gasteiger partial charge in [0.1, 0.15) is 0 Å². The number of anilines is 1. The first-order chi connectivity index (χ1) is 8.86. The van der Waals surface area contributed by atoms with Gasteiger partial charge in [0.2, 0.25) is 0 Å². The van der Waals surface area contributed by atoms with Gasteiger partial charge in [-0.15, -0.1) is 0 Å². The number of piperidine rings is 1. The van der Waals surface area contributed by atoms with Gasteiger partial charge in [-0.1, -0.05) is 18.2 Å². The maximum absolute atomic E-state index is 12.6. The number of carbonyl (C=O) groups is 1. The first-order valence-corrected chi connectivity index (χ1v) is 7.00. The Balaban J connectivity index is 1.82. The van der Waals surface area contributed by atoms with Gasteiger partial charge in [0.15, 0.2) is 0 Å².